The minimum atomic E-state index is -3.86. The topological polar surface area (TPSA) is 74.7 Å². The van der Waals surface area contributed by atoms with Gasteiger partial charge in [-0.3, -0.25) is 4.79 Å². The quantitative estimate of drug-likeness (QED) is 0.850. The van der Waals surface area contributed by atoms with Gasteiger partial charge in [0, 0.05) is 10.2 Å². The lowest BCUT2D eigenvalue weighted by molar-refractivity contribution is -0.140. The van der Waals surface area contributed by atoms with Gasteiger partial charge < -0.3 is 5.11 Å². The molecule has 1 N–H and O–H groups in total. The molecule has 2 rings (SSSR count). The number of sulfonamides is 1. The molecule has 5 nitrogen and oxygen atoms in total. The van der Waals surface area contributed by atoms with Gasteiger partial charge >= 0.3 is 5.97 Å². The third kappa shape index (κ3) is 3.13. The van der Waals surface area contributed by atoms with Crippen molar-refractivity contribution in [2.75, 3.05) is 5.75 Å². The van der Waals surface area contributed by atoms with Crippen molar-refractivity contribution in [1.82, 2.24) is 4.31 Å². The number of rotatable bonds is 4. The summed E-state index contributed by atoms with van der Waals surface area (Å²) in [6.07, 6.45) is 0.567. The highest BCUT2D eigenvalue weighted by molar-refractivity contribution is 9.10. The number of carbonyl (C=O) groups is 1. The van der Waals surface area contributed by atoms with Gasteiger partial charge in [-0.05, 0) is 47.0 Å². The zero-order chi connectivity index (χ0) is 15.8. The molecular weight excluding hydrogens is 378 g/mol. The Hall–Kier alpha value is -0.570. The lowest BCUT2D eigenvalue weighted by Crippen LogP contribution is -2.45. The maximum Gasteiger partial charge on any atom is 0.322 e. The van der Waals surface area contributed by atoms with E-state index in [2.05, 4.69) is 15.9 Å². The smallest absolute Gasteiger partial charge is 0.322 e. The van der Waals surface area contributed by atoms with Crippen LogP contribution < -0.4 is 0 Å². The van der Waals surface area contributed by atoms with Gasteiger partial charge in [-0.15, -0.1) is 11.8 Å². The van der Waals surface area contributed by atoms with Crippen LogP contribution in [0, 0.1) is 6.92 Å². The molecule has 0 saturated carbocycles. The van der Waals surface area contributed by atoms with Crippen molar-refractivity contribution in [1.29, 1.82) is 0 Å². The number of aryl methyl sites for hydroxylation is 1. The van der Waals surface area contributed by atoms with E-state index >= 15 is 0 Å². The Bertz CT molecular complexity index is 662. The fourth-order valence-electron chi connectivity index (χ4n) is 2.28. The number of carboxylic acids is 1. The first-order valence-corrected chi connectivity index (χ1v) is 9.71. The van der Waals surface area contributed by atoms with Crippen molar-refractivity contribution < 1.29 is 18.3 Å². The standard InChI is InChI=1S/C13H16BrNO4S2/c1-3-12-15(10(7-20-12)13(16)17)21(18,19)11-5-4-8(2)6-9(11)14/h4-6,10,12H,3,7H2,1-2H3,(H,16,17). The van der Waals surface area contributed by atoms with Gasteiger partial charge in [0.2, 0.25) is 10.0 Å². The zero-order valence-corrected chi connectivity index (χ0v) is 14.8. The Labute approximate surface area is 136 Å². The molecule has 0 aromatic heterocycles. The molecule has 1 aliphatic heterocycles. The van der Waals surface area contributed by atoms with E-state index in [-0.39, 0.29) is 16.0 Å². The molecule has 2 unspecified atom stereocenters. The number of nitrogens with zero attached hydrogens (tertiary/aromatic N) is 1. The summed E-state index contributed by atoms with van der Waals surface area (Å²) in [7, 11) is -3.86. The first kappa shape index (κ1) is 16.8. The highest BCUT2D eigenvalue weighted by Gasteiger charge is 2.46. The van der Waals surface area contributed by atoms with E-state index in [4.69, 9.17) is 0 Å². The number of thioether (sulfide) groups is 1. The number of carboxylic acid groups (broad SMARTS) is 1. The average Bonchev–Trinajstić information content (AvgIpc) is 2.82. The molecule has 1 aromatic carbocycles. The van der Waals surface area contributed by atoms with Gasteiger partial charge in [0.25, 0.3) is 0 Å². The van der Waals surface area contributed by atoms with Crippen LogP contribution in [0.2, 0.25) is 0 Å². The third-order valence-electron chi connectivity index (χ3n) is 3.31. The average molecular weight is 394 g/mol. The Morgan fingerprint density at radius 3 is 2.71 bits per heavy atom. The summed E-state index contributed by atoms with van der Waals surface area (Å²) in [5, 5.41) is 8.95. The maximum atomic E-state index is 12.9. The molecule has 0 bridgehead atoms. The van der Waals surface area contributed by atoms with Crippen LogP contribution >= 0.6 is 27.7 Å². The number of aliphatic carboxylic acids is 1. The third-order valence-corrected chi connectivity index (χ3v) is 7.80. The zero-order valence-electron chi connectivity index (χ0n) is 11.6. The van der Waals surface area contributed by atoms with Gasteiger partial charge in [0.15, 0.2) is 0 Å². The van der Waals surface area contributed by atoms with Crippen LogP contribution in [0.25, 0.3) is 0 Å². The molecular formula is C13H16BrNO4S2. The number of hydrogen-bond donors (Lipinski definition) is 1. The van der Waals surface area contributed by atoms with E-state index in [1.165, 1.54) is 17.8 Å². The molecule has 0 aliphatic carbocycles. The number of hydrogen-bond acceptors (Lipinski definition) is 4. The van der Waals surface area contributed by atoms with Gasteiger partial charge in [0.05, 0.1) is 10.3 Å². The van der Waals surface area contributed by atoms with Gasteiger partial charge in [0.1, 0.15) is 6.04 Å². The predicted molar refractivity (Wildman–Crippen MR) is 85.9 cm³/mol. The van der Waals surface area contributed by atoms with Crippen molar-refractivity contribution in [3.05, 3.63) is 28.2 Å². The van der Waals surface area contributed by atoms with Crippen LogP contribution in [0.5, 0.6) is 0 Å². The fourth-order valence-corrected chi connectivity index (χ4v) is 6.97. The largest absolute Gasteiger partial charge is 0.480 e. The van der Waals surface area contributed by atoms with Crippen LogP contribution in [-0.4, -0.2) is 41.0 Å². The molecule has 0 amide bonds. The van der Waals surface area contributed by atoms with Crippen LogP contribution in [-0.2, 0) is 14.8 Å². The summed E-state index contributed by atoms with van der Waals surface area (Å²) in [5.74, 6) is -0.832. The molecule has 8 heteroatoms. The Morgan fingerprint density at radius 1 is 1.52 bits per heavy atom. The van der Waals surface area contributed by atoms with Crippen LogP contribution in [0.3, 0.4) is 0 Å². The molecule has 21 heavy (non-hydrogen) atoms. The Kier molecular flexibility index (Phi) is 5.02. The van der Waals surface area contributed by atoms with Crippen LogP contribution in [0.1, 0.15) is 18.9 Å². The summed E-state index contributed by atoms with van der Waals surface area (Å²) in [4.78, 5) is 11.5. The predicted octanol–water partition coefficient (Wildman–Crippen LogP) is 2.68. The van der Waals surface area contributed by atoms with Crippen molar-refractivity contribution in [2.45, 2.75) is 36.6 Å². The van der Waals surface area contributed by atoms with Crippen LogP contribution in [0.4, 0.5) is 0 Å². The molecule has 1 fully saturated rings. The second kappa shape index (κ2) is 6.28. The van der Waals surface area contributed by atoms with Crippen molar-refractivity contribution in [3.63, 3.8) is 0 Å². The van der Waals surface area contributed by atoms with E-state index in [1.54, 1.807) is 12.1 Å². The van der Waals surface area contributed by atoms with Gasteiger partial charge in [-0.2, -0.15) is 4.31 Å². The minimum Gasteiger partial charge on any atom is -0.480 e. The van der Waals surface area contributed by atoms with Crippen molar-refractivity contribution in [2.24, 2.45) is 0 Å². The number of halogens is 1. The van der Waals surface area contributed by atoms with Crippen LogP contribution in [0.15, 0.2) is 27.6 Å². The number of benzene rings is 1. The minimum absolute atomic E-state index is 0.111. The van der Waals surface area contributed by atoms with E-state index < -0.39 is 22.0 Å². The normalized spacial score (nSPS) is 23.4. The van der Waals surface area contributed by atoms with Crippen molar-refractivity contribution in [3.8, 4) is 0 Å². The van der Waals surface area contributed by atoms with E-state index in [0.717, 1.165) is 9.87 Å². The first-order chi connectivity index (χ1) is 9.78. The molecule has 0 spiro atoms. The lowest BCUT2D eigenvalue weighted by Gasteiger charge is -2.26. The highest BCUT2D eigenvalue weighted by atomic mass is 79.9. The molecule has 2 atom stereocenters. The molecule has 116 valence electrons. The van der Waals surface area contributed by atoms with E-state index in [9.17, 15) is 18.3 Å². The lowest BCUT2D eigenvalue weighted by atomic mass is 10.2. The van der Waals surface area contributed by atoms with E-state index in [0.29, 0.717) is 10.9 Å². The van der Waals surface area contributed by atoms with Crippen molar-refractivity contribution >= 4 is 43.7 Å². The summed E-state index contributed by atoms with van der Waals surface area (Å²) < 4.78 is 27.3. The summed E-state index contributed by atoms with van der Waals surface area (Å²) in [6.45, 7) is 3.72. The maximum absolute atomic E-state index is 12.9. The fraction of sp³-hybridized carbons (Fsp3) is 0.462. The highest BCUT2D eigenvalue weighted by Crippen LogP contribution is 2.38. The second-order valence-electron chi connectivity index (χ2n) is 4.82. The van der Waals surface area contributed by atoms with Gasteiger partial charge in [-0.25, -0.2) is 8.42 Å². The molecule has 1 aliphatic rings. The Balaban J connectivity index is 2.52. The summed E-state index contributed by atoms with van der Waals surface area (Å²) in [5.41, 5.74) is 0.929. The molecule has 1 aromatic rings. The second-order valence-corrected chi connectivity index (χ2v) is 8.70. The molecule has 1 heterocycles. The summed E-state index contributed by atoms with van der Waals surface area (Å²) >= 11 is 4.64. The van der Waals surface area contributed by atoms with Gasteiger partial charge in [-0.1, -0.05) is 13.0 Å². The first-order valence-electron chi connectivity index (χ1n) is 6.43. The Morgan fingerprint density at radius 2 is 2.19 bits per heavy atom. The molecule has 0 radical (unpaired) electrons. The SMILES string of the molecule is CCC1SCC(C(=O)O)N1S(=O)(=O)c1ccc(C)cc1Br. The monoisotopic (exact) mass is 393 g/mol. The molecule has 1 saturated heterocycles. The van der Waals surface area contributed by atoms with E-state index in [1.807, 2.05) is 13.8 Å². The summed E-state index contributed by atoms with van der Waals surface area (Å²) in [6, 6.07) is 3.92.